The summed E-state index contributed by atoms with van der Waals surface area (Å²) in [5.74, 6) is -1.31. The molecule has 5 heteroatoms. The number of cyclic esters (lactones) is 1. The predicted molar refractivity (Wildman–Crippen MR) is 123 cm³/mol. The molecule has 0 radical (unpaired) electrons. The molecule has 0 aliphatic carbocycles. The third kappa shape index (κ3) is 5.31. The molecular weight excluding hydrogens is 407 g/mol. The van der Waals surface area contributed by atoms with E-state index in [0.717, 1.165) is 11.1 Å². The van der Waals surface area contributed by atoms with Crippen molar-refractivity contribution in [2.45, 2.75) is 26.7 Å². The van der Waals surface area contributed by atoms with Crippen LogP contribution in [0.5, 0.6) is 5.75 Å². The quantitative estimate of drug-likeness (QED) is 0.502. The summed E-state index contributed by atoms with van der Waals surface area (Å²) in [7, 11) is 0. The first kappa shape index (κ1) is 23.0. The van der Waals surface area contributed by atoms with Gasteiger partial charge in [-0.15, -0.1) is 0 Å². The molecule has 32 heavy (non-hydrogen) atoms. The van der Waals surface area contributed by atoms with E-state index in [1.165, 1.54) is 12.1 Å². The zero-order valence-electron chi connectivity index (χ0n) is 18.0. The molecule has 3 aromatic rings. The Kier molecular flexibility index (Phi) is 7.95. The van der Waals surface area contributed by atoms with E-state index in [0.29, 0.717) is 0 Å². The van der Waals surface area contributed by atoms with E-state index in [1.54, 1.807) is 18.2 Å². The summed E-state index contributed by atoms with van der Waals surface area (Å²) in [6, 6.07) is 23.1. The van der Waals surface area contributed by atoms with Crippen LogP contribution in [0.2, 0.25) is 0 Å². The minimum absolute atomic E-state index is 0.0423. The van der Waals surface area contributed by atoms with E-state index in [9.17, 15) is 14.3 Å². The van der Waals surface area contributed by atoms with Crippen molar-refractivity contribution in [1.29, 1.82) is 0 Å². The van der Waals surface area contributed by atoms with Gasteiger partial charge in [-0.3, -0.25) is 0 Å². The highest BCUT2D eigenvalue weighted by Crippen LogP contribution is 2.38. The Hall–Kier alpha value is -3.70. The van der Waals surface area contributed by atoms with E-state index in [2.05, 4.69) is 0 Å². The summed E-state index contributed by atoms with van der Waals surface area (Å²) in [4.78, 5) is 12.3. The van der Waals surface area contributed by atoms with Crippen molar-refractivity contribution in [3.05, 3.63) is 113 Å². The number of halogens is 1. The second-order valence-electron chi connectivity index (χ2n) is 6.72. The number of hydrogen-bond acceptors (Lipinski definition) is 4. The van der Waals surface area contributed by atoms with E-state index in [-0.39, 0.29) is 29.1 Å². The first-order chi connectivity index (χ1) is 15.6. The SMILES string of the molecule is CC.O=C1OC(O)C(c2cccc(F)c2OCc2ccccc2)=C1/C=C/c1ccccc1. The van der Waals surface area contributed by atoms with E-state index in [4.69, 9.17) is 9.47 Å². The summed E-state index contributed by atoms with van der Waals surface area (Å²) < 4.78 is 25.4. The van der Waals surface area contributed by atoms with Gasteiger partial charge in [0, 0.05) is 11.1 Å². The van der Waals surface area contributed by atoms with Gasteiger partial charge >= 0.3 is 5.97 Å². The lowest BCUT2D eigenvalue weighted by atomic mass is 9.99. The van der Waals surface area contributed by atoms with Crippen LogP contribution in [0.25, 0.3) is 11.6 Å². The highest BCUT2D eigenvalue weighted by Gasteiger charge is 2.34. The fraction of sp³-hybridized carbons (Fsp3) is 0.148. The van der Waals surface area contributed by atoms with Crippen LogP contribution in [0.3, 0.4) is 0 Å². The van der Waals surface area contributed by atoms with Gasteiger partial charge < -0.3 is 14.6 Å². The molecule has 1 unspecified atom stereocenters. The minimum atomic E-state index is -1.51. The van der Waals surface area contributed by atoms with E-state index >= 15 is 0 Å². The van der Waals surface area contributed by atoms with Crippen LogP contribution < -0.4 is 4.74 Å². The largest absolute Gasteiger partial charge is 0.485 e. The molecule has 4 nitrogen and oxygen atoms in total. The summed E-state index contributed by atoms with van der Waals surface area (Å²) >= 11 is 0. The molecule has 1 heterocycles. The minimum Gasteiger partial charge on any atom is -0.485 e. The fourth-order valence-electron chi connectivity index (χ4n) is 3.24. The van der Waals surface area contributed by atoms with Crippen molar-refractivity contribution in [2.24, 2.45) is 0 Å². The van der Waals surface area contributed by atoms with Crippen molar-refractivity contribution < 1.29 is 23.8 Å². The lowest BCUT2D eigenvalue weighted by Crippen LogP contribution is -2.10. The Morgan fingerprint density at radius 1 is 0.938 bits per heavy atom. The number of para-hydroxylation sites is 1. The predicted octanol–water partition coefficient (Wildman–Crippen LogP) is 5.77. The number of carbonyl (C=O) groups excluding carboxylic acids is 1. The maximum absolute atomic E-state index is 14.6. The maximum Gasteiger partial charge on any atom is 0.341 e. The van der Waals surface area contributed by atoms with Gasteiger partial charge in [0.15, 0.2) is 11.6 Å². The van der Waals surface area contributed by atoms with Gasteiger partial charge in [0.2, 0.25) is 6.29 Å². The Morgan fingerprint density at radius 2 is 1.59 bits per heavy atom. The first-order valence-electron chi connectivity index (χ1n) is 10.5. The van der Waals surface area contributed by atoms with Crippen LogP contribution in [0.4, 0.5) is 4.39 Å². The van der Waals surface area contributed by atoms with Crippen LogP contribution in [0.1, 0.15) is 30.5 Å². The number of benzene rings is 3. The Balaban J connectivity index is 0.00000141. The molecule has 0 aromatic heterocycles. The molecule has 0 fully saturated rings. The number of carbonyl (C=O) groups is 1. The molecule has 0 bridgehead atoms. The standard InChI is InChI=1S/C25H19FO4.C2H6/c26-21-13-7-12-19(23(21)29-16-18-10-5-2-6-11-18)22-20(24(27)30-25(22)28)15-14-17-8-3-1-4-9-17;1-2/h1-15,25,28H,16H2;1-2H3/b15-14+;. The summed E-state index contributed by atoms with van der Waals surface area (Å²) in [5, 5.41) is 10.4. The van der Waals surface area contributed by atoms with Gasteiger partial charge in [0.05, 0.1) is 5.57 Å². The lowest BCUT2D eigenvalue weighted by molar-refractivity contribution is -0.150. The van der Waals surface area contributed by atoms with Crippen LogP contribution in [0, 0.1) is 5.82 Å². The van der Waals surface area contributed by atoms with E-state index < -0.39 is 18.1 Å². The molecule has 0 spiro atoms. The van der Waals surface area contributed by atoms with Gasteiger partial charge in [-0.05, 0) is 23.3 Å². The molecule has 1 N–H and O–H groups in total. The van der Waals surface area contributed by atoms with E-state index in [1.807, 2.05) is 74.5 Å². The molecule has 164 valence electrons. The first-order valence-corrected chi connectivity index (χ1v) is 10.5. The van der Waals surface area contributed by atoms with Crippen LogP contribution >= 0.6 is 0 Å². The second kappa shape index (κ2) is 11.1. The molecule has 1 aliphatic heterocycles. The zero-order chi connectivity index (χ0) is 22.9. The molecule has 3 aromatic carbocycles. The topological polar surface area (TPSA) is 55.8 Å². The lowest BCUT2D eigenvalue weighted by Gasteiger charge is -2.15. The summed E-state index contributed by atoms with van der Waals surface area (Å²) in [6.07, 6.45) is 1.79. The maximum atomic E-state index is 14.6. The highest BCUT2D eigenvalue weighted by atomic mass is 19.1. The van der Waals surface area contributed by atoms with Gasteiger partial charge in [-0.25, -0.2) is 9.18 Å². The van der Waals surface area contributed by atoms with Crippen molar-refractivity contribution >= 4 is 17.6 Å². The molecular formula is C27H25FO4. The summed E-state index contributed by atoms with van der Waals surface area (Å²) in [6.45, 7) is 4.14. The number of aliphatic hydroxyl groups excluding tert-OH is 1. The van der Waals surface area contributed by atoms with Gasteiger partial charge in [0.25, 0.3) is 0 Å². The van der Waals surface area contributed by atoms with Gasteiger partial charge in [0.1, 0.15) is 6.61 Å². The smallest absolute Gasteiger partial charge is 0.341 e. The average molecular weight is 432 g/mol. The second-order valence-corrected chi connectivity index (χ2v) is 6.72. The third-order valence-corrected chi connectivity index (χ3v) is 4.70. The Labute approximate surface area is 187 Å². The van der Waals surface area contributed by atoms with Gasteiger partial charge in [-0.1, -0.05) is 92.7 Å². The number of rotatable bonds is 6. The van der Waals surface area contributed by atoms with Crippen molar-refractivity contribution in [1.82, 2.24) is 0 Å². The molecule has 1 atom stereocenters. The molecule has 0 amide bonds. The molecule has 0 saturated heterocycles. The average Bonchev–Trinajstić information content (AvgIpc) is 3.12. The number of esters is 1. The number of ether oxygens (including phenoxy) is 2. The molecule has 4 rings (SSSR count). The number of aliphatic hydroxyl groups is 1. The van der Waals surface area contributed by atoms with Crippen LogP contribution in [-0.2, 0) is 16.1 Å². The Morgan fingerprint density at radius 3 is 2.28 bits per heavy atom. The van der Waals surface area contributed by atoms with Crippen molar-refractivity contribution in [3.8, 4) is 5.75 Å². The number of hydrogen-bond donors (Lipinski definition) is 1. The highest BCUT2D eigenvalue weighted by molar-refractivity contribution is 6.06. The fourth-order valence-corrected chi connectivity index (χ4v) is 3.24. The monoisotopic (exact) mass is 432 g/mol. The zero-order valence-corrected chi connectivity index (χ0v) is 18.0. The van der Waals surface area contributed by atoms with Crippen LogP contribution in [-0.4, -0.2) is 17.4 Å². The van der Waals surface area contributed by atoms with Crippen molar-refractivity contribution in [3.63, 3.8) is 0 Å². The summed E-state index contributed by atoms with van der Waals surface area (Å²) in [5.41, 5.74) is 2.34. The molecule has 1 aliphatic rings. The van der Waals surface area contributed by atoms with Gasteiger partial charge in [-0.2, -0.15) is 0 Å². The third-order valence-electron chi connectivity index (χ3n) is 4.70. The van der Waals surface area contributed by atoms with Crippen molar-refractivity contribution in [2.75, 3.05) is 0 Å². The Bertz CT molecular complexity index is 1110. The normalized spacial score (nSPS) is 15.4. The molecule has 0 saturated carbocycles. The van der Waals surface area contributed by atoms with Crippen LogP contribution in [0.15, 0.2) is 90.5 Å².